The number of rotatable bonds is 5. The molecule has 3 atom stereocenters. The van der Waals surface area contributed by atoms with E-state index in [-0.39, 0.29) is 18.1 Å². The summed E-state index contributed by atoms with van der Waals surface area (Å²) in [6.07, 6.45) is 3.46. The topological polar surface area (TPSA) is 78.3 Å². The summed E-state index contributed by atoms with van der Waals surface area (Å²) in [4.78, 5) is 10.9. The maximum Gasteiger partial charge on any atom is 0.305 e. The lowest BCUT2D eigenvalue weighted by atomic mass is 10.0. The molecule has 0 aromatic heterocycles. The highest BCUT2D eigenvalue weighted by molar-refractivity contribution is 8.00. The van der Waals surface area contributed by atoms with E-state index in [0.717, 1.165) is 25.0 Å². The van der Waals surface area contributed by atoms with Crippen LogP contribution in [-0.2, 0) is 9.53 Å². The average Bonchev–Trinajstić information content (AvgIpc) is 2.55. The van der Waals surface area contributed by atoms with Gasteiger partial charge in [-0.15, -0.1) is 0 Å². The Labute approximate surface area is 95.1 Å². The number of carbonyl (C=O) groups excluding carboxylic acids is 1. The zero-order valence-corrected chi connectivity index (χ0v) is 9.96. The molecule has 0 saturated carbocycles. The van der Waals surface area contributed by atoms with Gasteiger partial charge in [0, 0.05) is 29.5 Å². The summed E-state index contributed by atoms with van der Waals surface area (Å²) >= 11 is 1.86. The van der Waals surface area contributed by atoms with Gasteiger partial charge in [0.25, 0.3) is 0 Å². The summed E-state index contributed by atoms with van der Waals surface area (Å²) in [6, 6.07) is 0.258. The summed E-state index contributed by atoms with van der Waals surface area (Å²) in [5, 5.41) is 0.470. The summed E-state index contributed by atoms with van der Waals surface area (Å²) < 4.78 is 4.57. The number of nitrogens with two attached hydrogens (primary N) is 2. The second-order valence-electron chi connectivity index (χ2n) is 3.93. The Bertz CT molecular complexity index is 214. The lowest BCUT2D eigenvalue weighted by Gasteiger charge is -2.16. The molecule has 0 radical (unpaired) electrons. The van der Waals surface area contributed by atoms with Gasteiger partial charge in [-0.1, -0.05) is 6.42 Å². The van der Waals surface area contributed by atoms with E-state index in [1.54, 1.807) is 0 Å². The second kappa shape index (κ2) is 6.35. The number of carbonyl (C=O) groups is 1. The van der Waals surface area contributed by atoms with Crippen molar-refractivity contribution in [1.82, 2.24) is 0 Å². The van der Waals surface area contributed by atoms with Gasteiger partial charge in [0.15, 0.2) is 0 Å². The van der Waals surface area contributed by atoms with Crippen molar-refractivity contribution in [3.8, 4) is 0 Å². The van der Waals surface area contributed by atoms with Crippen molar-refractivity contribution in [3.63, 3.8) is 0 Å². The summed E-state index contributed by atoms with van der Waals surface area (Å²) in [6.45, 7) is 0. The molecule has 1 aliphatic heterocycles. The Kier molecular flexibility index (Phi) is 5.42. The molecule has 0 aromatic carbocycles. The van der Waals surface area contributed by atoms with Crippen molar-refractivity contribution in [3.05, 3.63) is 0 Å². The molecule has 0 aliphatic carbocycles. The van der Waals surface area contributed by atoms with Crippen LogP contribution in [0.1, 0.15) is 25.7 Å². The van der Waals surface area contributed by atoms with E-state index in [0.29, 0.717) is 11.7 Å². The van der Waals surface area contributed by atoms with Crippen molar-refractivity contribution in [1.29, 1.82) is 0 Å². The van der Waals surface area contributed by atoms with Gasteiger partial charge in [-0.2, -0.15) is 11.8 Å². The van der Waals surface area contributed by atoms with Crippen LogP contribution in [0.3, 0.4) is 0 Å². The highest BCUT2D eigenvalue weighted by atomic mass is 32.2. The molecule has 1 heterocycles. The zero-order valence-electron chi connectivity index (χ0n) is 9.15. The van der Waals surface area contributed by atoms with Gasteiger partial charge in [-0.3, -0.25) is 4.79 Å². The van der Waals surface area contributed by atoms with Gasteiger partial charge in [0.1, 0.15) is 0 Å². The molecule has 5 heteroatoms. The number of esters is 1. The fourth-order valence-electron chi connectivity index (χ4n) is 1.73. The third-order valence-corrected chi connectivity index (χ3v) is 4.33. The number of methoxy groups -OCH3 is 1. The lowest BCUT2D eigenvalue weighted by Crippen LogP contribution is -2.43. The molecule has 0 aromatic rings. The molecule has 4 N–H and O–H groups in total. The van der Waals surface area contributed by atoms with Gasteiger partial charge in [0.2, 0.25) is 0 Å². The Morgan fingerprint density at radius 2 is 2.20 bits per heavy atom. The Morgan fingerprint density at radius 1 is 1.47 bits per heavy atom. The third kappa shape index (κ3) is 4.01. The van der Waals surface area contributed by atoms with Crippen LogP contribution in [-0.4, -0.2) is 36.2 Å². The first kappa shape index (κ1) is 12.8. The van der Waals surface area contributed by atoms with E-state index in [2.05, 4.69) is 4.74 Å². The molecule has 0 bridgehead atoms. The molecule has 1 aliphatic rings. The summed E-state index contributed by atoms with van der Waals surface area (Å²) in [7, 11) is 1.42. The van der Waals surface area contributed by atoms with E-state index in [4.69, 9.17) is 11.5 Å². The predicted octanol–water partition coefficient (Wildman–Crippen LogP) is 0.490. The smallest absolute Gasteiger partial charge is 0.305 e. The fraction of sp³-hybridized carbons (Fsp3) is 0.900. The molecule has 0 spiro atoms. The first-order chi connectivity index (χ1) is 7.15. The highest BCUT2D eigenvalue weighted by Crippen LogP contribution is 2.28. The van der Waals surface area contributed by atoms with E-state index in [1.165, 1.54) is 7.11 Å². The van der Waals surface area contributed by atoms with E-state index < -0.39 is 0 Å². The molecule has 1 fully saturated rings. The molecule has 4 nitrogen and oxygen atoms in total. The average molecular weight is 232 g/mol. The van der Waals surface area contributed by atoms with E-state index >= 15 is 0 Å². The zero-order chi connectivity index (χ0) is 11.3. The van der Waals surface area contributed by atoms with Gasteiger partial charge in [-0.25, -0.2) is 0 Å². The monoisotopic (exact) mass is 232 g/mol. The highest BCUT2D eigenvalue weighted by Gasteiger charge is 2.30. The van der Waals surface area contributed by atoms with Crippen LogP contribution in [0.25, 0.3) is 0 Å². The van der Waals surface area contributed by atoms with Crippen molar-refractivity contribution >= 4 is 17.7 Å². The van der Waals surface area contributed by atoms with Crippen molar-refractivity contribution < 1.29 is 9.53 Å². The minimum Gasteiger partial charge on any atom is -0.469 e. The minimum absolute atomic E-state index is 0.119. The molecule has 0 amide bonds. The Balaban J connectivity index is 2.08. The maximum absolute atomic E-state index is 10.9. The molecular formula is C10H20N2O2S. The van der Waals surface area contributed by atoms with Crippen LogP contribution < -0.4 is 11.5 Å². The molecule has 88 valence electrons. The van der Waals surface area contributed by atoms with Crippen LogP contribution >= 0.6 is 11.8 Å². The van der Waals surface area contributed by atoms with Crippen LogP contribution in [0.15, 0.2) is 0 Å². The second-order valence-corrected chi connectivity index (χ2v) is 5.21. The van der Waals surface area contributed by atoms with E-state index in [9.17, 15) is 4.79 Å². The van der Waals surface area contributed by atoms with Crippen LogP contribution in [0, 0.1) is 0 Å². The van der Waals surface area contributed by atoms with E-state index in [1.807, 2.05) is 11.8 Å². The van der Waals surface area contributed by atoms with Crippen LogP contribution in [0.5, 0.6) is 0 Å². The lowest BCUT2D eigenvalue weighted by molar-refractivity contribution is -0.140. The van der Waals surface area contributed by atoms with Crippen molar-refractivity contribution in [2.24, 2.45) is 11.5 Å². The molecule has 15 heavy (non-hydrogen) atoms. The minimum atomic E-state index is -0.130. The number of hydrogen-bond acceptors (Lipinski definition) is 5. The standard InChI is InChI=1S/C10H20N2O2S/c1-14-9(13)5-3-2-4-8-10(12)7(11)6-15-8/h7-8,10H,2-6,11-12H2,1H3/t7-,8-,10-/m0/s1. The third-order valence-electron chi connectivity index (χ3n) is 2.77. The maximum atomic E-state index is 10.9. The fourth-order valence-corrected chi connectivity index (χ4v) is 3.17. The number of thioether (sulfide) groups is 1. The number of unbranched alkanes of at least 4 members (excludes halogenated alkanes) is 1. The first-order valence-electron chi connectivity index (χ1n) is 5.34. The van der Waals surface area contributed by atoms with Crippen molar-refractivity contribution in [2.45, 2.75) is 43.0 Å². The first-order valence-corrected chi connectivity index (χ1v) is 6.39. The van der Waals surface area contributed by atoms with Gasteiger partial charge >= 0.3 is 5.97 Å². The molecule has 1 saturated heterocycles. The quantitative estimate of drug-likeness (QED) is 0.533. The van der Waals surface area contributed by atoms with Gasteiger partial charge < -0.3 is 16.2 Å². The summed E-state index contributed by atoms with van der Waals surface area (Å²) in [5.41, 5.74) is 11.8. The van der Waals surface area contributed by atoms with Crippen molar-refractivity contribution in [2.75, 3.05) is 12.9 Å². The number of ether oxygens (including phenoxy) is 1. The Morgan fingerprint density at radius 3 is 2.73 bits per heavy atom. The normalized spacial score (nSPS) is 30.5. The Hall–Kier alpha value is -0.260. The number of hydrogen-bond donors (Lipinski definition) is 2. The van der Waals surface area contributed by atoms with Crippen LogP contribution in [0.2, 0.25) is 0 Å². The van der Waals surface area contributed by atoms with Gasteiger partial charge in [-0.05, 0) is 12.8 Å². The van der Waals surface area contributed by atoms with Crippen LogP contribution in [0.4, 0.5) is 0 Å². The molecule has 0 unspecified atom stereocenters. The largest absolute Gasteiger partial charge is 0.469 e. The molecular weight excluding hydrogens is 212 g/mol. The predicted molar refractivity (Wildman–Crippen MR) is 62.7 cm³/mol. The summed E-state index contributed by atoms with van der Waals surface area (Å²) in [5.74, 6) is 0.832. The SMILES string of the molecule is COC(=O)CCCC[C@@H]1SC[C@H](N)[C@@H]1N. The van der Waals surface area contributed by atoms with Gasteiger partial charge in [0.05, 0.1) is 7.11 Å². The molecule has 1 rings (SSSR count).